The fraction of sp³-hybridized carbons (Fsp3) is 0.0909. The summed E-state index contributed by atoms with van der Waals surface area (Å²) >= 11 is 0. The van der Waals surface area contributed by atoms with Gasteiger partial charge in [0.25, 0.3) is 0 Å². The van der Waals surface area contributed by atoms with Crippen molar-refractivity contribution in [2.75, 3.05) is 0 Å². The molecule has 0 aliphatic rings. The quantitative estimate of drug-likeness (QED) is 0.671. The van der Waals surface area contributed by atoms with Crippen LogP contribution in [0.5, 0.6) is 0 Å². The number of imidazole rings is 1. The molecule has 1 aromatic carbocycles. The normalized spacial score (nSPS) is 10.1. The van der Waals surface area contributed by atoms with Crippen molar-refractivity contribution in [3.63, 3.8) is 0 Å². The maximum Gasteiger partial charge on any atom is 0.170 e. The molecule has 0 bridgehead atoms. The lowest BCUT2D eigenvalue weighted by Gasteiger charge is -2.02. The highest BCUT2D eigenvalue weighted by molar-refractivity contribution is 5.83. The maximum absolute atomic E-state index is 10.7. The van der Waals surface area contributed by atoms with Crippen LogP contribution in [0.4, 0.5) is 0 Å². The van der Waals surface area contributed by atoms with Crippen molar-refractivity contribution in [3.05, 3.63) is 42.4 Å². The SMILES string of the molecule is Cn1cnc(C=O)c1-c1ccccc1. The Hall–Kier alpha value is -1.90. The van der Waals surface area contributed by atoms with Crippen molar-refractivity contribution < 1.29 is 4.79 Å². The van der Waals surface area contributed by atoms with Crippen LogP contribution in [-0.2, 0) is 7.05 Å². The van der Waals surface area contributed by atoms with Gasteiger partial charge < -0.3 is 4.57 Å². The number of benzene rings is 1. The number of carbonyl (C=O) groups excluding carboxylic acids is 1. The van der Waals surface area contributed by atoms with Crippen LogP contribution >= 0.6 is 0 Å². The second kappa shape index (κ2) is 3.46. The van der Waals surface area contributed by atoms with Crippen LogP contribution < -0.4 is 0 Å². The zero-order chi connectivity index (χ0) is 9.97. The summed E-state index contributed by atoms with van der Waals surface area (Å²) in [5.74, 6) is 0. The van der Waals surface area contributed by atoms with E-state index in [4.69, 9.17) is 0 Å². The Morgan fingerprint density at radius 3 is 2.64 bits per heavy atom. The third-order valence-electron chi connectivity index (χ3n) is 2.12. The fourth-order valence-electron chi connectivity index (χ4n) is 1.48. The molecule has 0 spiro atoms. The van der Waals surface area contributed by atoms with Gasteiger partial charge in [0.2, 0.25) is 0 Å². The molecule has 2 aromatic rings. The van der Waals surface area contributed by atoms with Crippen molar-refractivity contribution in [1.82, 2.24) is 9.55 Å². The first kappa shape index (κ1) is 8.69. The summed E-state index contributed by atoms with van der Waals surface area (Å²) in [5, 5.41) is 0. The van der Waals surface area contributed by atoms with E-state index in [1.807, 2.05) is 41.9 Å². The second-order valence-corrected chi connectivity index (χ2v) is 3.07. The first-order valence-electron chi connectivity index (χ1n) is 4.35. The highest BCUT2D eigenvalue weighted by atomic mass is 16.1. The van der Waals surface area contributed by atoms with Gasteiger partial charge in [-0.05, 0) is 0 Å². The Morgan fingerprint density at radius 1 is 1.29 bits per heavy atom. The molecule has 0 aliphatic heterocycles. The first-order valence-corrected chi connectivity index (χ1v) is 4.35. The molecule has 0 amide bonds. The zero-order valence-electron chi connectivity index (χ0n) is 7.84. The summed E-state index contributed by atoms with van der Waals surface area (Å²) in [6.45, 7) is 0. The van der Waals surface area contributed by atoms with E-state index in [2.05, 4.69) is 4.98 Å². The molecule has 0 unspecified atom stereocenters. The lowest BCUT2D eigenvalue weighted by molar-refractivity contribution is 0.112. The van der Waals surface area contributed by atoms with E-state index in [1.165, 1.54) is 0 Å². The fourth-order valence-corrected chi connectivity index (χ4v) is 1.48. The molecular weight excluding hydrogens is 176 g/mol. The number of rotatable bonds is 2. The standard InChI is InChI=1S/C11H10N2O/c1-13-8-12-10(7-14)11(13)9-5-3-2-4-6-9/h2-8H,1H3. The van der Waals surface area contributed by atoms with Gasteiger partial charge in [0, 0.05) is 12.6 Å². The summed E-state index contributed by atoms with van der Waals surface area (Å²) in [5.41, 5.74) is 2.36. The Bertz CT molecular complexity index is 446. The third-order valence-corrected chi connectivity index (χ3v) is 2.12. The summed E-state index contributed by atoms with van der Waals surface area (Å²) < 4.78 is 1.85. The summed E-state index contributed by atoms with van der Waals surface area (Å²) in [4.78, 5) is 14.7. The van der Waals surface area contributed by atoms with Gasteiger partial charge in [0.1, 0.15) is 5.69 Å². The van der Waals surface area contributed by atoms with Crippen molar-refractivity contribution in [1.29, 1.82) is 0 Å². The van der Waals surface area contributed by atoms with Crippen LogP contribution in [0.25, 0.3) is 11.3 Å². The summed E-state index contributed by atoms with van der Waals surface area (Å²) in [7, 11) is 1.88. The van der Waals surface area contributed by atoms with Gasteiger partial charge in [-0.2, -0.15) is 0 Å². The Morgan fingerprint density at radius 2 is 2.00 bits per heavy atom. The van der Waals surface area contributed by atoms with E-state index in [-0.39, 0.29) is 0 Å². The molecule has 0 saturated carbocycles. The first-order chi connectivity index (χ1) is 6.83. The van der Waals surface area contributed by atoms with Gasteiger partial charge in [0.05, 0.1) is 12.0 Å². The number of hydrogen-bond donors (Lipinski definition) is 0. The molecule has 1 heterocycles. The Balaban J connectivity index is 2.61. The summed E-state index contributed by atoms with van der Waals surface area (Å²) in [6, 6.07) is 9.75. The number of aromatic nitrogens is 2. The highest BCUT2D eigenvalue weighted by Gasteiger charge is 2.08. The molecule has 2 rings (SSSR count). The number of nitrogens with zero attached hydrogens (tertiary/aromatic N) is 2. The number of aryl methyl sites for hydroxylation is 1. The van der Waals surface area contributed by atoms with Gasteiger partial charge in [-0.3, -0.25) is 4.79 Å². The molecule has 70 valence electrons. The molecule has 0 fully saturated rings. The molecule has 0 atom stereocenters. The van der Waals surface area contributed by atoms with E-state index in [0.29, 0.717) is 5.69 Å². The smallest absolute Gasteiger partial charge is 0.170 e. The Kier molecular flexibility index (Phi) is 2.14. The van der Waals surface area contributed by atoms with E-state index >= 15 is 0 Å². The number of aldehydes is 1. The van der Waals surface area contributed by atoms with Crippen molar-refractivity contribution in [2.45, 2.75) is 0 Å². The molecule has 1 aromatic heterocycles. The average Bonchev–Trinajstić information content (AvgIpc) is 2.61. The minimum absolute atomic E-state index is 0.485. The monoisotopic (exact) mass is 186 g/mol. The minimum Gasteiger partial charge on any atom is -0.333 e. The molecule has 0 aliphatic carbocycles. The van der Waals surface area contributed by atoms with Gasteiger partial charge in [-0.1, -0.05) is 30.3 Å². The van der Waals surface area contributed by atoms with Crippen LogP contribution in [0.15, 0.2) is 36.7 Å². The predicted molar refractivity (Wildman–Crippen MR) is 54.0 cm³/mol. The third kappa shape index (κ3) is 1.33. The second-order valence-electron chi connectivity index (χ2n) is 3.07. The van der Waals surface area contributed by atoms with Gasteiger partial charge >= 0.3 is 0 Å². The lowest BCUT2D eigenvalue weighted by Crippen LogP contribution is -1.92. The zero-order valence-corrected chi connectivity index (χ0v) is 7.84. The van der Waals surface area contributed by atoms with Crippen LogP contribution in [-0.4, -0.2) is 15.8 Å². The van der Waals surface area contributed by atoms with Crippen LogP contribution in [0.1, 0.15) is 10.5 Å². The highest BCUT2D eigenvalue weighted by Crippen LogP contribution is 2.20. The maximum atomic E-state index is 10.7. The van der Waals surface area contributed by atoms with Crippen molar-refractivity contribution in [3.8, 4) is 11.3 Å². The molecule has 3 heteroatoms. The topological polar surface area (TPSA) is 34.9 Å². The van der Waals surface area contributed by atoms with Crippen molar-refractivity contribution >= 4 is 6.29 Å². The molecular formula is C11H10N2O. The largest absolute Gasteiger partial charge is 0.333 e. The van der Waals surface area contributed by atoms with Crippen LogP contribution in [0.2, 0.25) is 0 Å². The van der Waals surface area contributed by atoms with Gasteiger partial charge in [-0.15, -0.1) is 0 Å². The van der Waals surface area contributed by atoms with Crippen molar-refractivity contribution in [2.24, 2.45) is 7.05 Å². The summed E-state index contributed by atoms with van der Waals surface area (Å²) in [6.07, 6.45) is 2.42. The minimum atomic E-state index is 0.485. The molecule has 0 saturated heterocycles. The molecule has 0 N–H and O–H groups in total. The van der Waals surface area contributed by atoms with E-state index in [0.717, 1.165) is 17.5 Å². The number of hydrogen-bond acceptors (Lipinski definition) is 2. The number of carbonyl (C=O) groups is 1. The van der Waals surface area contributed by atoms with E-state index < -0.39 is 0 Å². The van der Waals surface area contributed by atoms with E-state index in [1.54, 1.807) is 6.33 Å². The average molecular weight is 186 g/mol. The lowest BCUT2D eigenvalue weighted by atomic mass is 10.1. The van der Waals surface area contributed by atoms with Crippen LogP contribution in [0, 0.1) is 0 Å². The molecule has 3 nitrogen and oxygen atoms in total. The van der Waals surface area contributed by atoms with Gasteiger partial charge in [0.15, 0.2) is 6.29 Å². The molecule has 14 heavy (non-hydrogen) atoms. The Labute approximate surface area is 82.0 Å². The molecule has 0 radical (unpaired) electrons. The van der Waals surface area contributed by atoms with Gasteiger partial charge in [-0.25, -0.2) is 4.98 Å². The van der Waals surface area contributed by atoms with E-state index in [9.17, 15) is 4.79 Å². The predicted octanol–water partition coefficient (Wildman–Crippen LogP) is 1.90. The van der Waals surface area contributed by atoms with Crippen LogP contribution in [0.3, 0.4) is 0 Å².